The minimum absolute atomic E-state index is 0.0157. The first-order valence-electron chi connectivity index (χ1n) is 6.91. The van der Waals surface area contributed by atoms with Gasteiger partial charge in [-0.1, -0.05) is 24.3 Å². The molecule has 0 fully saturated rings. The number of benzene rings is 1. The lowest BCUT2D eigenvalue weighted by molar-refractivity contribution is 0.0645. The number of halogens is 2. The maximum Gasteiger partial charge on any atom is 0.123 e. The van der Waals surface area contributed by atoms with Crippen LogP contribution >= 0.6 is 0 Å². The van der Waals surface area contributed by atoms with Crippen molar-refractivity contribution in [2.24, 2.45) is 0 Å². The quantitative estimate of drug-likeness (QED) is 0.701. The highest BCUT2D eigenvalue weighted by atomic mass is 19.1. The lowest BCUT2D eigenvalue weighted by Crippen LogP contribution is -2.23. The van der Waals surface area contributed by atoms with Gasteiger partial charge in [-0.15, -0.1) is 0 Å². The average Bonchev–Trinajstić information content (AvgIpc) is 2.46. The molecule has 0 amide bonds. The Morgan fingerprint density at radius 1 is 1.25 bits per heavy atom. The van der Waals surface area contributed by atoms with E-state index < -0.39 is 6.67 Å². The molecule has 0 aliphatic carbocycles. The minimum Gasteiger partial charge on any atom is -0.374 e. The third-order valence-corrected chi connectivity index (χ3v) is 3.28. The van der Waals surface area contributed by atoms with E-state index >= 15 is 0 Å². The highest BCUT2D eigenvalue weighted by molar-refractivity contribution is 5.21. The topological polar surface area (TPSA) is 21.3 Å². The van der Waals surface area contributed by atoms with E-state index in [1.807, 2.05) is 14.0 Å². The molecule has 0 aliphatic heterocycles. The molecule has 0 saturated heterocycles. The Kier molecular flexibility index (Phi) is 8.07. The maximum atomic E-state index is 13.0. The third-order valence-electron chi connectivity index (χ3n) is 3.28. The van der Waals surface area contributed by atoms with Crippen LogP contribution in [-0.4, -0.2) is 33.0 Å². The second kappa shape index (κ2) is 9.61. The highest BCUT2D eigenvalue weighted by Crippen LogP contribution is 2.25. The van der Waals surface area contributed by atoms with E-state index in [-0.39, 0.29) is 17.8 Å². The molecule has 2 unspecified atom stereocenters. The number of alkyl halides is 1. The number of allylic oxidation sites excluding steroid dienone is 1. The van der Waals surface area contributed by atoms with Gasteiger partial charge >= 0.3 is 0 Å². The van der Waals surface area contributed by atoms with Crippen LogP contribution in [0.25, 0.3) is 0 Å². The molecule has 1 aromatic rings. The third kappa shape index (κ3) is 5.80. The van der Waals surface area contributed by atoms with Crippen LogP contribution in [0.5, 0.6) is 0 Å². The van der Waals surface area contributed by atoms with E-state index in [0.29, 0.717) is 6.61 Å². The van der Waals surface area contributed by atoms with Gasteiger partial charge in [0.25, 0.3) is 0 Å². The Morgan fingerprint density at radius 3 is 2.55 bits per heavy atom. The SMILES string of the molecule is CNCCC(c1ccc(F)cc1)C(C)OC/C=C/CF. The van der Waals surface area contributed by atoms with Crippen LogP contribution in [0.15, 0.2) is 36.4 Å². The summed E-state index contributed by atoms with van der Waals surface area (Å²) in [5.41, 5.74) is 1.06. The summed E-state index contributed by atoms with van der Waals surface area (Å²) < 4.78 is 30.7. The van der Waals surface area contributed by atoms with Crippen molar-refractivity contribution >= 4 is 0 Å². The van der Waals surface area contributed by atoms with Crippen molar-refractivity contribution in [3.8, 4) is 0 Å². The summed E-state index contributed by atoms with van der Waals surface area (Å²) in [5.74, 6) is -0.0533. The standard InChI is InChI=1S/C16H23F2NO/c1-13(20-12-4-3-10-17)16(9-11-19-2)14-5-7-15(18)8-6-14/h3-8,13,16,19H,9-12H2,1-2H3/b4-3+. The van der Waals surface area contributed by atoms with Crippen LogP contribution in [0.1, 0.15) is 24.8 Å². The summed E-state index contributed by atoms with van der Waals surface area (Å²) in [7, 11) is 1.90. The van der Waals surface area contributed by atoms with Gasteiger partial charge in [0.15, 0.2) is 0 Å². The van der Waals surface area contributed by atoms with Crippen LogP contribution in [0.2, 0.25) is 0 Å². The van der Waals surface area contributed by atoms with Crippen molar-refractivity contribution < 1.29 is 13.5 Å². The molecule has 112 valence electrons. The van der Waals surface area contributed by atoms with Gasteiger partial charge in [-0.2, -0.15) is 0 Å². The molecule has 0 saturated carbocycles. The molecule has 1 aromatic carbocycles. The Morgan fingerprint density at radius 2 is 1.95 bits per heavy atom. The first-order chi connectivity index (χ1) is 9.69. The van der Waals surface area contributed by atoms with Crippen molar-refractivity contribution in [3.05, 3.63) is 47.8 Å². The van der Waals surface area contributed by atoms with Gasteiger partial charge in [0, 0.05) is 5.92 Å². The molecule has 0 aliphatic rings. The van der Waals surface area contributed by atoms with E-state index in [1.54, 1.807) is 18.2 Å². The van der Waals surface area contributed by atoms with Gasteiger partial charge in [0.1, 0.15) is 12.5 Å². The largest absolute Gasteiger partial charge is 0.374 e. The Hall–Kier alpha value is -1.26. The van der Waals surface area contributed by atoms with Crippen molar-refractivity contribution in [1.29, 1.82) is 0 Å². The Balaban J connectivity index is 2.67. The second-order valence-corrected chi connectivity index (χ2v) is 4.71. The summed E-state index contributed by atoms with van der Waals surface area (Å²) in [6.07, 6.45) is 4.00. The Labute approximate surface area is 119 Å². The summed E-state index contributed by atoms with van der Waals surface area (Å²) >= 11 is 0. The van der Waals surface area contributed by atoms with Gasteiger partial charge in [-0.25, -0.2) is 8.78 Å². The molecule has 0 spiro atoms. The second-order valence-electron chi connectivity index (χ2n) is 4.71. The van der Waals surface area contributed by atoms with Gasteiger partial charge in [-0.3, -0.25) is 0 Å². The van der Waals surface area contributed by atoms with Gasteiger partial charge in [0.05, 0.1) is 12.7 Å². The molecular weight excluding hydrogens is 260 g/mol. The molecule has 0 bridgehead atoms. The van der Waals surface area contributed by atoms with Crippen LogP contribution in [-0.2, 0) is 4.74 Å². The summed E-state index contributed by atoms with van der Waals surface area (Å²) in [5, 5.41) is 3.12. The van der Waals surface area contributed by atoms with E-state index in [9.17, 15) is 8.78 Å². The zero-order valence-corrected chi connectivity index (χ0v) is 12.1. The van der Waals surface area contributed by atoms with E-state index in [0.717, 1.165) is 18.5 Å². The van der Waals surface area contributed by atoms with Gasteiger partial charge in [0.2, 0.25) is 0 Å². The molecule has 2 atom stereocenters. The van der Waals surface area contributed by atoms with Crippen molar-refractivity contribution in [2.45, 2.75) is 25.4 Å². The molecule has 0 aromatic heterocycles. The molecule has 2 nitrogen and oxygen atoms in total. The monoisotopic (exact) mass is 283 g/mol. The predicted octanol–water partition coefficient (Wildman–Crippen LogP) is 3.45. The maximum absolute atomic E-state index is 13.0. The smallest absolute Gasteiger partial charge is 0.123 e. The van der Waals surface area contributed by atoms with E-state index in [2.05, 4.69) is 5.32 Å². The normalized spacial score (nSPS) is 14.6. The summed E-state index contributed by atoms with van der Waals surface area (Å²) in [4.78, 5) is 0. The molecule has 0 heterocycles. The molecule has 20 heavy (non-hydrogen) atoms. The van der Waals surface area contributed by atoms with Gasteiger partial charge in [-0.05, 0) is 44.6 Å². The minimum atomic E-state index is -0.473. The Bertz CT molecular complexity index is 392. The van der Waals surface area contributed by atoms with Crippen molar-refractivity contribution in [3.63, 3.8) is 0 Å². The molecule has 0 radical (unpaired) electrons. The van der Waals surface area contributed by atoms with Gasteiger partial charge < -0.3 is 10.1 Å². The zero-order chi connectivity index (χ0) is 14.8. The number of ether oxygens (including phenoxy) is 1. The lowest BCUT2D eigenvalue weighted by atomic mass is 9.91. The first kappa shape index (κ1) is 16.8. The van der Waals surface area contributed by atoms with Crippen LogP contribution < -0.4 is 5.32 Å². The lowest BCUT2D eigenvalue weighted by Gasteiger charge is -2.24. The highest BCUT2D eigenvalue weighted by Gasteiger charge is 2.19. The number of hydrogen-bond donors (Lipinski definition) is 1. The fourth-order valence-corrected chi connectivity index (χ4v) is 2.14. The van der Waals surface area contributed by atoms with E-state index in [1.165, 1.54) is 18.2 Å². The summed E-state index contributed by atoms with van der Waals surface area (Å²) in [6.45, 7) is 2.77. The van der Waals surface area contributed by atoms with E-state index in [4.69, 9.17) is 4.74 Å². The number of rotatable bonds is 9. The van der Waals surface area contributed by atoms with Crippen LogP contribution in [0.3, 0.4) is 0 Å². The predicted molar refractivity (Wildman–Crippen MR) is 78.2 cm³/mol. The average molecular weight is 283 g/mol. The number of nitrogens with one attached hydrogen (secondary N) is 1. The zero-order valence-electron chi connectivity index (χ0n) is 12.1. The molecular formula is C16H23F2NO. The fraction of sp³-hybridized carbons (Fsp3) is 0.500. The molecule has 1 rings (SSSR count). The van der Waals surface area contributed by atoms with Crippen molar-refractivity contribution in [1.82, 2.24) is 5.32 Å². The van der Waals surface area contributed by atoms with Crippen molar-refractivity contribution in [2.75, 3.05) is 26.9 Å². The number of hydrogen-bond acceptors (Lipinski definition) is 2. The molecule has 4 heteroatoms. The summed E-state index contributed by atoms with van der Waals surface area (Å²) in [6, 6.07) is 6.54. The molecule has 1 N–H and O–H groups in total. The fourth-order valence-electron chi connectivity index (χ4n) is 2.14. The first-order valence-corrected chi connectivity index (χ1v) is 6.91. The van der Waals surface area contributed by atoms with Crippen LogP contribution in [0, 0.1) is 5.82 Å². The van der Waals surface area contributed by atoms with Crippen LogP contribution in [0.4, 0.5) is 8.78 Å².